The van der Waals surface area contributed by atoms with E-state index in [9.17, 15) is 23.6 Å². The smallest absolute Gasteiger partial charge is 0.330 e. The lowest BCUT2D eigenvalue weighted by Gasteiger charge is -2.25. The highest BCUT2D eigenvalue weighted by atomic mass is 19.1. The Morgan fingerprint density at radius 1 is 1.31 bits per heavy atom. The third-order valence-corrected chi connectivity index (χ3v) is 4.95. The molecule has 2 fully saturated rings. The molecule has 5 atom stereocenters. The van der Waals surface area contributed by atoms with Gasteiger partial charge in [0.05, 0.1) is 6.20 Å². The average Bonchev–Trinajstić information content (AvgIpc) is 3.20. The number of urea groups is 1. The Kier molecular flexibility index (Phi) is 7.00. The molecule has 32 heavy (non-hydrogen) atoms. The lowest BCUT2D eigenvalue weighted by molar-refractivity contribution is -0.203. The van der Waals surface area contributed by atoms with Crippen molar-refractivity contribution in [1.29, 1.82) is 0 Å². The number of halogens is 1. The minimum absolute atomic E-state index is 0.265. The second-order valence-electron chi connectivity index (χ2n) is 8.03. The maximum Gasteiger partial charge on any atom is 0.330 e. The number of H-pyrrole nitrogens is 1. The van der Waals surface area contributed by atoms with Gasteiger partial charge in [0.25, 0.3) is 5.56 Å². The molecule has 1 aromatic heterocycles. The van der Waals surface area contributed by atoms with Gasteiger partial charge < -0.3 is 29.6 Å². The summed E-state index contributed by atoms with van der Waals surface area (Å²) in [6, 6.07) is -1.42. The lowest BCUT2D eigenvalue weighted by Crippen LogP contribution is -2.46. The number of carbonyl (C=O) groups excluding carboxylic acids is 2. The quantitative estimate of drug-likeness (QED) is 0.473. The zero-order valence-corrected chi connectivity index (χ0v) is 18.2. The summed E-state index contributed by atoms with van der Waals surface area (Å²) in [5.74, 6) is -2.90. The molecule has 0 aromatic carbocycles. The molecule has 1 aromatic rings. The molecule has 3 N–H and O–H groups in total. The maximum absolute atomic E-state index is 13.8. The summed E-state index contributed by atoms with van der Waals surface area (Å²) in [7, 11) is 0. The molecule has 3 rings (SSSR count). The van der Waals surface area contributed by atoms with Crippen molar-refractivity contribution >= 4 is 12.0 Å². The number of carbonyl (C=O) groups is 2. The molecule has 2 aliphatic rings. The lowest BCUT2D eigenvalue weighted by atomic mass is 10.1. The van der Waals surface area contributed by atoms with Crippen molar-refractivity contribution in [2.24, 2.45) is 0 Å². The average molecular weight is 458 g/mol. The van der Waals surface area contributed by atoms with Gasteiger partial charge in [0.1, 0.15) is 31.0 Å². The van der Waals surface area contributed by atoms with Gasteiger partial charge in [-0.25, -0.2) is 14.4 Å². The van der Waals surface area contributed by atoms with Gasteiger partial charge in [0.15, 0.2) is 12.0 Å². The summed E-state index contributed by atoms with van der Waals surface area (Å²) in [5, 5.41) is 5.05. The van der Waals surface area contributed by atoms with Gasteiger partial charge in [0.2, 0.25) is 5.82 Å². The monoisotopic (exact) mass is 458 g/mol. The maximum atomic E-state index is 13.8. The first kappa shape index (κ1) is 23.9. The van der Waals surface area contributed by atoms with Crippen molar-refractivity contribution in [3.63, 3.8) is 0 Å². The van der Waals surface area contributed by atoms with Crippen LogP contribution in [-0.4, -0.2) is 64.8 Å². The Morgan fingerprint density at radius 2 is 2.00 bits per heavy atom. The molecule has 2 aliphatic heterocycles. The second kappa shape index (κ2) is 9.38. The van der Waals surface area contributed by atoms with E-state index in [1.165, 1.54) is 6.92 Å². The topological polar surface area (TPSA) is 150 Å². The molecule has 0 bridgehead atoms. The van der Waals surface area contributed by atoms with Crippen LogP contribution in [-0.2, 0) is 23.7 Å². The first-order valence-corrected chi connectivity index (χ1v) is 10.3. The number of nitrogens with one attached hydrogen (secondary N) is 3. The fourth-order valence-electron chi connectivity index (χ4n) is 3.50. The van der Waals surface area contributed by atoms with Gasteiger partial charge >= 0.3 is 17.7 Å². The van der Waals surface area contributed by atoms with Crippen LogP contribution in [0.15, 0.2) is 15.8 Å². The number of hydrogen-bond donors (Lipinski definition) is 3. The van der Waals surface area contributed by atoms with E-state index in [1.807, 2.05) is 11.9 Å². The summed E-state index contributed by atoms with van der Waals surface area (Å²) in [6.45, 7) is 6.87. The molecule has 2 amide bonds. The number of rotatable bonds is 7. The predicted molar refractivity (Wildman–Crippen MR) is 106 cm³/mol. The Morgan fingerprint density at radius 3 is 2.69 bits per heavy atom. The molecule has 0 unspecified atom stereocenters. The fraction of sp³-hybridized carbons (Fsp3) is 0.684. The van der Waals surface area contributed by atoms with E-state index in [4.69, 9.17) is 18.9 Å². The first-order valence-electron chi connectivity index (χ1n) is 10.3. The second-order valence-corrected chi connectivity index (χ2v) is 8.03. The van der Waals surface area contributed by atoms with Gasteiger partial charge in [-0.1, -0.05) is 6.92 Å². The molecule has 0 saturated carbocycles. The molecule has 13 heteroatoms. The minimum Gasteiger partial charge on any atom is -0.461 e. The number of amides is 2. The van der Waals surface area contributed by atoms with Gasteiger partial charge in [-0.15, -0.1) is 0 Å². The van der Waals surface area contributed by atoms with Gasteiger partial charge in [-0.2, -0.15) is 4.39 Å². The highest BCUT2D eigenvalue weighted by molar-refractivity contribution is 5.83. The summed E-state index contributed by atoms with van der Waals surface area (Å²) >= 11 is 0. The number of nitrogens with zero attached hydrogens (tertiary/aromatic N) is 1. The number of esters is 1. The molecule has 178 valence electrons. The Hall–Kier alpha value is -2.77. The van der Waals surface area contributed by atoms with Crippen LogP contribution < -0.4 is 21.9 Å². The third-order valence-electron chi connectivity index (χ3n) is 4.95. The number of aromatic nitrogens is 2. The molecule has 0 spiro atoms. The highest BCUT2D eigenvalue weighted by Gasteiger charge is 2.56. The van der Waals surface area contributed by atoms with Gasteiger partial charge in [-0.05, 0) is 27.2 Å². The first-order chi connectivity index (χ1) is 15.0. The largest absolute Gasteiger partial charge is 0.461 e. The third kappa shape index (κ3) is 5.16. The van der Waals surface area contributed by atoms with E-state index < -0.39 is 65.4 Å². The molecular formula is C19H27FN4O8. The van der Waals surface area contributed by atoms with E-state index in [-0.39, 0.29) is 6.61 Å². The van der Waals surface area contributed by atoms with Crippen molar-refractivity contribution in [2.75, 3.05) is 13.2 Å². The van der Waals surface area contributed by atoms with E-state index in [0.29, 0.717) is 6.54 Å². The van der Waals surface area contributed by atoms with Crippen LogP contribution in [0.3, 0.4) is 0 Å². The van der Waals surface area contributed by atoms with Crippen LogP contribution in [0.1, 0.15) is 40.3 Å². The SMILES string of the molecule is CCCNC(=O)N[C@@H](C)C(=O)OC[C@H]1O[C@@H](n2cc(F)c(=O)[nH]c2=O)[C@@H]2OC(C)(C)O[C@@H]21. The van der Waals surface area contributed by atoms with E-state index in [1.54, 1.807) is 13.8 Å². The summed E-state index contributed by atoms with van der Waals surface area (Å²) in [6.07, 6.45) is -2.06. The van der Waals surface area contributed by atoms with Crippen LogP contribution in [0.2, 0.25) is 0 Å². The Balaban J connectivity index is 1.69. The Labute approximate surface area is 182 Å². The van der Waals surface area contributed by atoms with Crippen LogP contribution >= 0.6 is 0 Å². The number of ether oxygens (including phenoxy) is 4. The number of fused-ring (bicyclic) bond motifs is 1. The summed E-state index contributed by atoms with van der Waals surface area (Å²) < 4.78 is 37.4. The minimum atomic E-state index is -1.17. The Bertz CT molecular complexity index is 977. The predicted octanol–water partition coefficient (Wildman–Crippen LogP) is -0.266. The van der Waals surface area contributed by atoms with Crippen LogP contribution in [0, 0.1) is 5.82 Å². The van der Waals surface area contributed by atoms with Crippen molar-refractivity contribution in [3.05, 3.63) is 32.9 Å². The number of aromatic amines is 1. The van der Waals surface area contributed by atoms with Gasteiger partial charge in [-0.3, -0.25) is 14.3 Å². The molecule has 12 nitrogen and oxygen atoms in total. The van der Waals surface area contributed by atoms with Crippen molar-refractivity contribution in [3.8, 4) is 0 Å². The molecular weight excluding hydrogens is 431 g/mol. The van der Waals surface area contributed by atoms with Crippen molar-refractivity contribution in [1.82, 2.24) is 20.2 Å². The zero-order valence-electron chi connectivity index (χ0n) is 18.2. The fourth-order valence-corrected chi connectivity index (χ4v) is 3.50. The molecule has 0 radical (unpaired) electrons. The van der Waals surface area contributed by atoms with Crippen LogP contribution in [0.4, 0.5) is 9.18 Å². The standard InChI is InChI=1S/C19H27FN4O8/c1-5-6-21-17(27)22-9(2)16(26)29-8-11-12-13(32-19(3,4)31-12)15(30-11)24-7-10(20)14(25)23-18(24)28/h7,9,11-13,15H,5-6,8H2,1-4H3,(H2,21,22,27)(H,23,25,28)/t9-,11+,12+,13+,15+/m0/s1. The van der Waals surface area contributed by atoms with Crippen LogP contribution in [0.25, 0.3) is 0 Å². The van der Waals surface area contributed by atoms with E-state index in [2.05, 4.69) is 10.6 Å². The number of hydrogen-bond acceptors (Lipinski definition) is 8. The molecule has 0 aliphatic carbocycles. The van der Waals surface area contributed by atoms with Crippen molar-refractivity contribution < 1.29 is 32.9 Å². The van der Waals surface area contributed by atoms with Crippen molar-refractivity contribution in [2.45, 2.75) is 70.5 Å². The normalized spacial score (nSPS) is 26.9. The van der Waals surface area contributed by atoms with Crippen LogP contribution in [0.5, 0.6) is 0 Å². The van der Waals surface area contributed by atoms with E-state index >= 15 is 0 Å². The van der Waals surface area contributed by atoms with E-state index in [0.717, 1.165) is 17.2 Å². The zero-order chi connectivity index (χ0) is 23.6. The van der Waals surface area contributed by atoms with Gasteiger partial charge in [0, 0.05) is 6.54 Å². The highest BCUT2D eigenvalue weighted by Crippen LogP contribution is 2.42. The molecule has 3 heterocycles. The summed E-state index contributed by atoms with van der Waals surface area (Å²) in [4.78, 5) is 49.4. The molecule has 2 saturated heterocycles. The summed E-state index contributed by atoms with van der Waals surface area (Å²) in [5.41, 5.74) is -2.04.